The van der Waals surface area contributed by atoms with E-state index in [0.717, 1.165) is 17.9 Å². The number of likely N-dealkylation sites (N-methyl/N-ethyl adjacent to an activating group) is 1. The van der Waals surface area contributed by atoms with E-state index >= 15 is 0 Å². The second kappa shape index (κ2) is 5.24. The Morgan fingerprint density at radius 1 is 1.33 bits per heavy atom. The molecule has 4 heteroatoms. The lowest BCUT2D eigenvalue weighted by molar-refractivity contribution is 0.174. The van der Waals surface area contributed by atoms with Crippen molar-refractivity contribution in [3.63, 3.8) is 0 Å². The van der Waals surface area contributed by atoms with Gasteiger partial charge in [-0.3, -0.25) is 0 Å². The van der Waals surface area contributed by atoms with Crippen molar-refractivity contribution in [3.05, 3.63) is 23.8 Å². The Balaban J connectivity index is 0.00000112. The van der Waals surface area contributed by atoms with Crippen LogP contribution in [0.3, 0.4) is 0 Å². The monoisotopic (exact) mass is 235 g/mol. The van der Waals surface area contributed by atoms with Crippen LogP contribution in [0.15, 0.2) is 18.2 Å². The van der Waals surface area contributed by atoms with E-state index in [-0.39, 0.29) is 12.4 Å². The third kappa shape index (κ3) is 2.76. The van der Waals surface area contributed by atoms with Crippen LogP contribution in [0.5, 0.6) is 11.5 Å². The molecule has 1 aliphatic heterocycles. The van der Waals surface area contributed by atoms with Gasteiger partial charge in [-0.15, -0.1) is 12.4 Å². The third-order valence-electron chi connectivity index (χ3n) is 2.47. The fraction of sp³-hybridized carbons (Fsp3) is 0.455. The summed E-state index contributed by atoms with van der Waals surface area (Å²) in [6, 6.07) is 6.59. The number of nitrogens with one attached hydrogen (secondary N) is 1. The van der Waals surface area contributed by atoms with Crippen LogP contribution in [0.4, 0.5) is 0 Å². The van der Waals surface area contributed by atoms with Crippen LogP contribution < -0.4 is 14.8 Å². The summed E-state index contributed by atoms with van der Waals surface area (Å²) in [6.07, 6.45) is 1.01. The molecule has 0 aromatic heterocycles. The van der Waals surface area contributed by atoms with Crippen LogP contribution >= 0.6 is 12.4 Å². The second-order valence-corrected chi connectivity index (χ2v) is 3.58. The molecule has 0 bridgehead atoms. The molecule has 1 aliphatic rings. The molecule has 3 nitrogen and oxygen atoms in total. The molecule has 1 aromatic rings. The molecule has 0 fully saturated rings. The van der Waals surface area contributed by atoms with Gasteiger partial charge in [0.2, 0.25) is 6.79 Å². The summed E-state index contributed by atoms with van der Waals surface area (Å²) in [5.41, 5.74) is 1.27. The Hall–Kier alpha value is -0.930. The highest BCUT2D eigenvalue weighted by atomic mass is 35.5. The molecule has 0 saturated carbocycles. The quantitative estimate of drug-likeness (QED) is 0.869. The first kappa shape index (κ1) is 12.1. The van der Waals surface area contributed by atoms with Crippen molar-refractivity contribution in [3.8, 4) is 11.5 Å². The molecule has 0 saturated heterocycles. The van der Waals surface area contributed by atoms with Gasteiger partial charge in [0.25, 0.3) is 0 Å². The van der Waals surface area contributed by atoms with Crippen molar-refractivity contribution in [2.75, 3.05) is 13.8 Å². The fourth-order valence-electron chi connectivity index (χ4n) is 1.52. The highest BCUT2D eigenvalue weighted by Gasteiger charge is 2.13. The summed E-state index contributed by atoms with van der Waals surface area (Å²) in [4.78, 5) is 0. The summed E-state index contributed by atoms with van der Waals surface area (Å²) in [5, 5.41) is 3.21. The van der Waals surface area contributed by atoms with E-state index in [1.54, 1.807) is 0 Å². The van der Waals surface area contributed by atoms with Crippen LogP contribution in [0.2, 0.25) is 0 Å². The second-order valence-electron chi connectivity index (χ2n) is 3.58. The average molecular weight is 236 g/mol. The van der Waals surface area contributed by atoms with E-state index in [2.05, 4.69) is 24.4 Å². The van der Waals surface area contributed by atoms with E-state index < -0.39 is 0 Å². The van der Waals surface area contributed by atoms with Crippen molar-refractivity contribution in [2.45, 2.75) is 19.4 Å². The van der Waals surface area contributed by atoms with Gasteiger partial charge in [0, 0.05) is 6.04 Å². The predicted molar refractivity (Wildman–Crippen MR) is 62.0 cm³/mol. The van der Waals surface area contributed by atoms with E-state index in [1.807, 2.05) is 13.1 Å². The van der Waals surface area contributed by atoms with E-state index in [9.17, 15) is 0 Å². The first-order chi connectivity index (χ1) is 6.79. The van der Waals surface area contributed by atoms with Crippen molar-refractivity contribution < 1.29 is 9.47 Å². The van der Waals surface area contributed by atoms with Gasteiger partial charge in [0.1, 0.15) is 0 Å². The zero-order chi connectivity index (χ0) is 9.97. The molecule has 0 aliphatic carbocycles. The summed E-state index contributed by atoms with van der Waals surface area (Å²) >= 11 is 0. The Morgan fingerprint density at radius 3 is 2.80 bits per heavy atom. The van der Waals surface area contributed by atoms with Gasteiger partial charge < -0.3 is 14.8 Å². The molecular weight excluding hydrogens is 220 g/mol. The summed E-state index contributed by atoms with van der Waals surface area (Å²) < 4.78 is 10.6. The lowest BCUT2D eigenvalue weighted by atomic mass is 10.3. The SMILES string of the molecule is CNC(C)C[13c]1[13cH][13cH][13c]2[13c]([13cH]1)OCO2.Cl. The first-order valence-electron chi connectivity index (χ1n) is 4.85. The maximum atomic E-state index is 5.31. The fourth-order valence-corrected chi connectivity index (χ4v) is 1.52. The highest BCUT2D eigenvalue weighted by Crippen LogP contribution is 2.32. The molecule has 1 atom stereocenters. The van der Waals surface area contributed by atoms with Crippen LogP contribution in [0, 0.1) is 0 Å². The van der Waals surface area contributed by atoms with Gasteiger partial charge >= 0.3 is 0 Å². The minimum atomic E-state index is 0. The number of fused-ring (bicyclic) bond motifs is 1. The number of ether oxygens (including phenoxy) is 2. The minimum Gasteiger partial charge on any atom is -0.454 e. The van der Waals surface area contributed by atoms with Gasteiger partial charge in [-0.25, -0.2) is 0 Å². The zero-order valence-corrected chi connectivity index (χ0v) is 9.76. The van der Waals surface area contributed by atoms with E-state index in [0.29, 0.717) is 12.8 Å². The Morgan fingerprint density at radius 2 is 2.07 bits per heavy atom. The van der Waals surface area contributed by atoms with Gasteiger partial charge in [-0.05, 0) is 38.1 Å². The summed E-state index contributed by atoms with van der Waals surface area (Å²) in [6.45, 7) is 2.50. The molecular formula is C11H16ClNO2. The van der Waals surface area contributed by atoms with Crippen LogP contribution in [-0.4, -0.2) is 19.9 Å². The number of rotatable bonds is 3. The average Bonchev–Trinajstić information content (AvgIpc) is 2.64. The molecule has 1 N–H and O–H groups in total. The molecule has 1 aromatic carbocycles. The summed E-state index contributed by atoms with van der Waals surface area (Å²) in [7, 11) is 1.97. The molecule has 2 rings (SSSR count). The molecule has 0 spiro atoms. The zero-order valence-electron chi connectivity index (χ0n) is 8.95. The molecule has 1 unspecified atom stereocenters. The Bertz CT molecular complexity index is 330. The van der Waals surface area contributed by atoms with Gasteiger partial charge in [-0.2, -0.15) is 0 Å². The van der Waals surface area contributed by atoms with E-state index in [4.69, 9.17) is 9.47 Å². The topological polar surface area (TPSA) is 30.5 Å². The Kier molecular flexibility index (Phi) is 4.24. The molecule has 0 radical (unpaired) electrons. The third-order valence-corrected chi connectivity index (χ3v) is 2.47. The molecule has 1 heterocycles. The van der Waals surface area contributed by atoms with Crippen molar-refractivity contribution >= 4 is 12.4 Å². The minimum absolute atomic E-state index is 0. The normalized spacial score (nSPS) is 14.5. The first-order valence-corrected chi connectivity index (χ1v) is 4.85. The van der Waals surface area contributed by atoms with Gasteiger partial charge in [-0.1, -0.05) is 6.07 Å². The van der Waals surface area contributed by atoms with Gasteiger partial charge in [0.15, 0.2) is 11.5 Å². The van der Waals surface area contributed by atoms with Crippen LogP contribution in [0.1, 0.15) is 12.5 Å². The lowest BCUT2D eigenvalue weighted by Gasteiger charge is -2.09. The smallest absolute Gasteiger partial charge is 0.231 e. The standard InChI is InChI=1S/C11H15NO2.ClH/c1-8(12-2)5-9-3-4-10-11(6-9)14-7-13-10;/h3-4,6,8,12H,5,7H2,1-2H3;1H/i3+1,4+1,6+1,9+1,10+1,11+1;. The molecule has 0 amide bonds. The molecule has 15 heavy (non-hydrogen) atoms. The predicted octanol–water partition coefficient (Wildman–Crippen LogP) is 1.99. The molecule has 84 valence electrons. The highest BCUT2D eigenvalue weighted by molar-refractivity contribution is 5.85. The Labute approximate surface area is 96.2 Å². The maximum Gasteiger partial charge on any atom is 0.231 e. The van der Waals surface area contributed by atoms with Crippen molar-refractivity contribution in [2.24, 2.45) is 0 Å². The number of halogens is 1. The van der Waals surface area contributed by atoms with Crippen LogP contribution in [0.25, 0.3) is 0 Å². The number of benzene rings is 1. The van der Waals surface area contributed by atoms with E-state index in [1.165, 1.54) is 5.56 Å². The largest absolute Gasteiger partial charge is 0.454 e. The lowest BCUT2D eigenvalue weighted by Crippen LogP contribution is -2.23. The van der Waals surface area contributed by atoms with Crippen LogP contribution in [-0.2, 0) is 6.42 Å². The number of hydrogen-bond donors (Lipinski definition) is 1. The number of hydrogen-bond acceptors (Lipinski definition) is 3. The van der Waals surface area contributed by atoms with Crippen molar-refractivity contribution in [1.82, 2.24) is 5.32 Å². The van der Waals surface area contributed by atoms with Gasteiger partial charge in [0.05, 0.1) is 0 Å². The maximum absolute atomic E-state index is 5.31. The summed E-state index contributed by atoms with van der Waals surface area (Å²) in [5.74, 6) is 1.72. The van der Waals surface area contributed by atoms with Crippen molar-refractivity contribution in [1.29, 1.82) is 0 Å².